The first-order valence-corrected chi connectivity index (χ1v) is 8.38. The van der Waals surface area contributed by atoms with E-state index in [4.69, 9.17) is 4.74 Å². The first-order chi connectivity index (χ1) is 12.1. The predicted molar refractivity (Wildman–Crippen MR) is 96.8 cm³/mol. The molecule has 0 saturated carbocycles. The molecule has 2 rings (SSSR count). The lowest BCUT2D eigenvalue weighted by molar-refractivity contribution is 0.0585. The van der Waals surface area contributed by atoms with Crippen LogP contribution in [-0.2, 0) is 6.54 Å². The minimum Gasteiger partial charge on any atom is -0.490 e. The summed E-state index contributed by atoms with van der Waals surface area (Å²) in [5, 5.41) is 19.5. The van der Waals surface area contributed by atoms with Gasteiger partial charge in [0.2, 0.25) is 0 Å². The van der Waals surface area contributed by atoms with Crippen molar-refractivity contribution in [3.05, 3.63) is 65.7 Å². The van der Waals surface area contributed by atoms with E-state index in [1.165, 1.54) is 6.92 Å². The van der Waals surface area contributed by atoms with E-state index in [1.807, 2.05) is 35.2 Å². The lowest BCUT2D eigenvalue weighted by Gasteiger charge is -2.24. The molecule has 134 valence electrons. The van der Waals surface area contributed by atoms with Crippen molar-refractivity contribution in [1.82, 2.24) is 4.90 Å². The molecule has 1 atom stereocenters. The number of Topliss-reactive ketones (excluding diaryl/α,β-unsaturated/α-hetero) is 1. The lowest BCUT2D eigenvalue weighted by Crippen LogP contribution is -2.37. The van der Waals surface area contributed by atoms with Gasteiger partial charge in [0.25, 0.3) is 0 Å². The van der Waals surface area contributed by atoms with Crippen LogP contribution in [0.2, 0.25) is 0 Å². The molecular weight excluding hydrogens is 318 g/mol. The van der Waals surface area contributed by atoms with Crippen LogP contribution in [0.3, 0.4) is 0 Å². The van der Waals surface area contributed by atoms with Crippen LogP contribution in [0, 0.1) is 0 Å². The first-order valence-electron chi connectivity index (χ1n) is 8.38. The zero-order valence-electron chi connectivity index (χ0n) is 14.5. The summed E-state index contributed by atoms with van der Waals surface area (Å²) in [7, 11) is 0. The van der Waals surface area contributed by atoms with Crippen LogP contribution in [0.5, 0.6) is 5.75 Å². The van der Waals surface area contributed by atoms with Gasteiger partial charge in [0.15, 0.2) is 5.78 Å². The van der Waals surface area contributed by atoms with E-state index in [9.17, 15) is 15.0 Å². The minimum atomic E-state index is -0.727. The summed E-state index contributed by atoms with van der Waals surface area (Å²) in [5.41, 5.74) is 1.62. The number of benzene rings is 2. The maximum atomic E-state index is 11.6. The topological polar surface area (TPSA) is 70.0 Å². The van der Waals surface area contributed by atoms with Crippen LogP contribution in [0.15, 0.2) is 54.6 Å². The molecule has 0 aliphatic carbocycles. The number of carbonyl (C=O) groups is 1. The molecule has 0 heterocycles. The van der Waals surface area contributed by atoms with E-state index in [1.54, 1.807) is 24.3 Å². The molecule has 0 radical (unpaired) electrons. The number of hydrogen-bond acceptors (Lipinski definition) is 5. The average molecular weight is 343 g/mol. The Bertz CT molecular complexity index is 660. The summed E-state index contributed by atoms with van der Waals surface area (Å²) < 4.78 is 5.63. The molecule has 0 aliphatic rings. The Morgan fingerprint density at radius 3 is 2.48 bits per heavy atom. The molecule has 0 aliphatic heterocycles. The first kappa shape index (κ1) is 19.1. The number of aliphatic hydroxyl groups is 2. The summed E-state index contributed by atoms with van der Waals surface area (Å²) in [4.78, 5) is 13.6. The molecule has 0 bridgehead atoms. The second-order valence-corrected chi connectivity index (χ2v) is 5.96. The largest absolute Gasteiger partial charge is 0.490 e. The number of hydrogen-bond donors (Lipinski definition) is 2. The predicted octanol–water partition coefficient (Wildman–Crippen LogP) is 2.12. The molecule has 5 heteroatoms. The maximum Gasteiger partial charge on any atom is 0.163 e. The lowest BCUT2D eigenvalue weighted by atomic mass is 10.1. The molecule has 5 nitrogen and oxygen atoms in total. The number of para-hydroxylation sites is 1. The maximum absolute atomic E-state index is 11.6. The molecule has 0 fully saturated rings. The second kappa shape index (κ2) is 9.93. The average Bonchev–Trinajstić information content (AvgIpc) is 2.61. The molecule has 2 aromatic rings. The van der Waals surface area contributed by atoms with Crippen LogP contribution >= 0.6 is 0 Å². The summed E-state index contributed by atoms with van der Waals surface area (Å²) in [6, 6.07) is 16.9. The van der Waals surface area contributed by atoms with Crippen molar-refractivity contribution in [2.24, 2.45) is 0 Å². The van der Waals surface area contributed by atoms with Crippen LogP contribution in [0.4, 0.5) is 0 Å². The Hall–Kier alpha value is -2.21. The van der Waals surface area contributed by atoms with Gasteiger partial charge in [-0.3, -0.25) is 9.69 Å². The summed E-state index contributed by atoms with van der Waals surface area (Å²) in [6.07, 6.45) is -0.727. The molecule has 0 amide bonds. The monoisotopic (exact) mass is 343 g/mol. The number of aliphatic hydroxyl groups excluding tert-OH is 2. The fourth-order valence-corrected chi connectivity index (χ4v) is 2.64. The third kappa shape index (κ3) is 6.31. The molecule has 0 saturated heterocycles. The molecule has 0 spiro atoms. The highest BCUT2D eigenvalue weighted by Crippen LogP contribution is 2.18. The number of rotatable bonds is 10. The molecule has 2 aromatic carbocycles. The van der Waals surface area contributed by atoms with Gasteiger partial charge in [0, 0.05) is 19.6 Å². The quantitative estimate of drug-likeness (QED) is 0.647. The number of ether oxygens (including phenoxy) is 1. The number of nitrogens with zero attached hydrogens (tertiary/aromatic N) is 1. The minimum absolute atomic E-state index is 0.0214. The van der Waals surface area contributed by atoms with Crippen molar-refractivity contribution >= 4 is 5.78 Å². The van der Waals surface area contributed by atoms with E-state index < -0.39 is 6.10 Å². The molecular formula is C20H25NO4. The van der Waals surface area contributed by atoms with Gasteiger partial charge in [-0.15, -0.1) is 0 Å². The highest BCUT2D eigenvalue weighted by Gasteiger charge is 2.14. The van der Waals surface area contributed by atoms with Crippen LogP contribution in [0.1, 0.15) is 22.8 Å². The standard InChI is InChI=1S/C20H25NO4/c1-16(23)19-9-5-6-10-20(19)25-15-18(24)14-21(11-12-22)13-17-7-3-2-4-8-17/h2-10,18,22,24H,11-15H2,1H3. The van der Waals surface area contributed by atoms with Crippen LogP contribution in [0.25, 0.3) is 0 Å². The Morgan fingerprint density at radius 1 is 1.12 bits per heavy atom. The van der Waals surface area contributed by atoms with E-state index in [2.05, 4.69) is 0 Å². The highest BCUT2D eigenvalue weighted by molar-refractivity contribution is 5.96. The number of ketones is 1. The molecule has 1 unspecified atom stereocenters. The Labute approximate surface area is 148 Å². The fourth-order valence-electron chi connectivity index (χ4n) is 2.64. The normalized spacial score (nSPS) is 12.2. The van der Waals surface area contributed by atoms with Gasteiger partial charge >= 0.3 is 0 Å². The fraction of sp³-hybridized carbons (Fsp3) is 0.350. The van der Waals surface area contributed by atoms with Crippen molar-refractivity contribution in [2.45, 2.75) is 19.6 Å². The van der Waals surface area contributed by atoms with Gasteiger partial charge in [0.1, 0.15) is 18.5 Å². The van der Waals surface area contributed by atoms with E-state index in [-0.39, 0.29) is 19.0 Å². The smallest absolute Gasteiger partial charge is 0.163 e. The second-order valence-electron chi connectivity index (χ2n) is 5.96. The summed E-state index contributed by atoms with van der Waals surface area (Å²) >= 11 is 0. The van der Waals surface area contributed by atoms with Gasteiger partial charge in [-0.1, -0.05) is 42.5 Å². The van der Waals surface area contributed by atoms with Gasteiger partial charge in [0.05, 0.1) is 12.2 Å². The van der Waals surface area contributed by atoms with Crippen LogP contribution in [-0.4, -0.2) is 53.3 Å². The molecule has 25 heavy (non-hydrogen) atoms. The third-order valence-corrected chi connectivity index (χ3v) is 3.83. The Kier molecular flexibility index (Phi) is 7.60. The molecule has 2 N–H and O–H groups in total. The van der Waals surface area contributed by atoms with Gasteiger partial charge in [-0.2, -0.15) is 0 Å². The summed E-state index contributed by atoms with van der Waals surface area (Å²) in [6.45, 7) is 3.08. The Balaban J connectivity index is 1.91. The van der Waals surface area contributed by atoms with Gasteiger partial charge in [-0.05, 0) is 24.6 Å². The van der Waals surface area contributed by atoms with E-state index in [0.29, 0.717) is 30.9 Å². The highest BCUT2D eigenvalue weighted by atomic mass is 16.5. The summed E-state index contributed by atoms with van der Waals surface area (Å²) in [5.74, 6) is 0.405. The van der Waals surface area contributed by atoms with Crippen molar-refractivity contribution in [1.29, 1.82) is 0 Å². The van der Waals surface area contributed by atoms with Crippen LogP contribution < -0.4 is 4.74 Å². The van der Waals surface area contributed by atoms with E-state index in [0.717, 1.165) is 5.56 Å². The van der Waals surface area contributed by atoms with Gasteiger partial charge < -0.3 is 14.9 Å². The van der Waals surface area contributed by atoms with Crippen molar-refractivity contribution in [3.63, 3.8) is 0 Å². The van der Waals surface area contributed by atoms with Crippen molar-refractivity contribution < 1.29 is 19.7 Å². The SMILES string of the molecule is CC(=O)c1ccccc1OCC(O)CN(CCO)Cc1ccccc1. The number of carbonyl (C=O) groups excluding carboxylic acids is 1. The van der Waals surface area contributed by atoms with Gasteiger partial charge in [-0.25, -0.2) is 0 Å². The zero-order valence-corrected chi connectivity index (χ0v) is 14.5. The van der Waals surface area contributed by atoms with E-state index >= 15 is 0 Å². The Morgan fingerprint density at radius 2 is 1.80 bits per heavy atom. The molecule has 0 aromatic heterocycles. The third-order valence-electron chi connectivity index (χ3n) is 3.83. The van der Waals surface area contributed by atoms with Crippen molar-refractivity contribution in [3.8, 4) is 5.75 Å². The zero-order chi connectivity index (χ0) is 18.1. The van der Waals surface area contributed by atoms with Crippen molar-refractivity contribution in [2.75, 3.05) is 26.3 Å².